The number of piperidine rings is 1. The zero-order valence-electron chi connectivity index (χ0n) is 14.1. The van der Waals surface area contributed by atoms with Crippen molar-refractivity contribution in [3.8, 4) is 11.5 Å². The van der Waals surface area contributed by atoms with Gasteiger partial charge in [-0.15, -0.1) is 0 Å². The molecule has 2 aliphatic rings. The highest BCUT2D eigenvalue weighted by atomic mass is 32.2. The largest absolute Gasteiger partial charge is 0.367 e. The van der Waals surface area contributed by atoms with Crippen LogP contribution in [0.15, 0.2) is 22.9 Å². The summed E-state index contributed by atoms with van der Waals surface area (Å²) in [6.07, 6.45) is 4.83. The van der Waals surface area contributed by atoms with Crippen molar-refractivity contribution in [1.29, 1.82) is 0 Å². The summed E-state index contributed by atoms with van der Waals surface area (Å²) in [6, 6.07) is 3.88. The van der Waals surface area contributed by atoms with Gasteiger partial charge in [-0.25, -0.2) is 17.7 Å². The van der Waals surface area contributed by atoms with Crippen molar-refractivity contribution in [2.24, 2.45) is 0 Å². The van der Waals surface area contributed by atoms with Crippen LogP contribution in [-0.4, -0.2) is 52.2 Å². The van der Waals surface area contributed by atoms with Crippen molar-refractivity contribution in [2.45, 2.75) is 43.9 Å². The highest BCUT2D eigenvalue weighted by Gasteiger charge is 2.41. The van der Waals surface area contributed by atoms with Crippen LogP contribution >= 0.6 is 0 Å². The van der Waals surface area contributed by atoms with Crippen LogP contribution in [0.5, 0.6) is 0 Å². The van der Waals surface area contributed by atoms with Gasteiger partial charge in [-0.1, -0.05) is 5.16 Å². The van der Waals surface area contributed by atoms with E-state index in [1.54, 1.807) is 17.4 Å². The standard InChI is InChI=1S/C16H21N5O3S/c1-11-18-16(24-20-11)14-3-2-8-17-15(14)19-12-6-9-21(10-7-12)25(22,23)13-4-5-13/h2-3,8,12-13H,4-7,9-10H2,1H3,(H,17,19). The molecular weight excluding hydrogens is 342 g/mol. The number of anilines is 1. The maximum Gasteiger partial charge on any atom is 0.261 e. The number of aryl methyl sites for hydroxylation is 1. The molecule has 8 nitrogen and oxygen atoms in total. The third kappa shape index (κ3) is 3.38. The Labute approximate surface area is 146 Å². The maximum absolute atomic E-state index is 12.3. The second-order valence-electron chi connectivity index (χ2n) is 6.61. The van der Waals surface area contributed by atoms with Gasteiger partial charge in [-0.2, -0.15) is 4.98 Å². The molecule has 0 radical (unpaired) electrons. The number of hydrogen-bond acceptors (Lipinski definition) is 7. The molecule has 0 atom stereocenters. The first-order valence-corrected chi connectivity index (χ1v) is 10.1. The fourth-order valence-corrected chi connectivity index (χ4v) is 5.00. The molecule has 2 aromatic heterocycles. The summed E-state index contributed by atoms with van der Waals surface area (Å²) in [7, 11) is -3.08. The third-order valence-electron chi connectivity index (χ3n) is 4.67. The lowest BCUT2D eigenvalue weighted by Crippen LogP contribution is -2.43. The van der Waals surface area contributed by atoms with E-state index in [9.17, 15) is 8.42 Å². The summed E-state index contributed by atoms with van der Waals surface area (Å²) in [5.41, 5.74) is 0.760. The van der Waals surface area contributed by atoms with Crippen molar-refractivity contribution < 1.29 is 12.9 Å². The monoisotopic (exact) mass is 363 g/mol. The molecule has 3 heterocycles. The van der Waals surface area contributed by atoms with E-state index in [0.29, 0.717) is 30.6 Å². The van der Waals surface area contributed by atoms with Gasteiger partial charge in [-0.05, 0) is 44.7 Å². The average Bonchev–Trinajstić information content (AvgIpc) is 3.39. The van der Waals surface area contributed by atoms with E-state index in [4.69, 9.17) is 4.52 Å². The van der Waals surface area contributed by atoms with E-state index in [1.165, 1.54) is 0 Å². The summed E-state index contributed by atoms with van der Waals surface area (Å²) in [4.78, 5) is 8.65. The minimum atomic E-state index is -3.08. The first-order chi connectivity index (χ1) is 12.0. The first-order valence-electron chi connectivity index (χ1n) is 8.55. The Morgan fingerprint density at radius 1 is 1.24 bits per heavy atom. The summed E-state index contributed by atoms with van der Waals surface area (Å²) < 4.78 is 31.5. The lowest BCUT2D eigenvalue weighted by molar-refractivity contribution is 0.329. The van der Waals surface area contributed by atoms with Gasteiger partial charge in [0.1, 0.15) is 5.82 Å². The van der Waals surface area contributed by atoms with Crippen molar-refractivity contribution in [2.75, 3.05) is 18.4 Å². The van der Waals surface area contributed by atoms with Gasteiger partial charge in [0.15, 0.2) is 5.82 Å². The Bertz CT molecular complexity index is 854. The Kier molecular flexibility index (Phi) is 4.20. The predicted octanol–water partition coefficient (Wildman–Crippen LogP) is 1.81. The fraction of sp³-hybridized carbons (Fsp3) is 0.562. The minimum absolute atomic E-state index is 0.139. The Morgan fingerprint density at radius 2 is 2.00 bits per heavy atom. The average molecular weight is 363 g/mol. The van der Waals surface area contributed by atoms with E-state index >= 15 is 0 Å². The summed E-state index contributed by atoms with van der Waals surface area (Å²) >= 11 is 0. The second kappa shape index (κ2) is 6.38. The van der Waals surface area contributed by atoms with Gasteiger partial charge in [0.05, 0.1) is 10.8 Å². The van der Waals surface area contributed by atoms with Crippen molar-refractivity contribution >= 4 is 15.8 Å². The van der Waals surface area contributed by atoms with Crippen LogP contribution in [0.3, 0.4) is 0 Å². The zero-order valence-corrected chi connectivity index (χ0v) is 14.9. The number of sulfonamides is 1. The third-order valence-corrected chi connectivity index (χ3v) is 7.06. The molecule has 1 aliphatic carbocycles. The molecule has 0 bridgehead atoms. The van der Waals surface area contributed by atoms with Gasteiger partial charge in [0.25, 0.3) is 5.89 Å². The number of aromatic nitrogens is 3. The summed E-state index contributed by atoms with van der Waals surface area (Å²) in [5.74, 6) is 1.69. The molecule has 0 amide bonds. The Balaban J connectivity index is 1.44. The quantitative estimate of drug-likeness (QED) is 0.864. The van der Waals surface area contributed by atoms with Crippen LogP contribution < -0.4 is 5.32 Å². The molecule has 0 unspecified atom stereocenters. The molecule has 134 valence electrons. The van der Waals surface area contributed by atoms with E-state index in [-0.39, 0.29) is 11.3 Å². The molecule has 25 heavy (non-hydrogen) atoms. The summed E-state index contributed by atoms with van der Waals surface area (Å²) in [5, 5.41) is 7.10. The molecule has 9 heteroatoms. The van der Waals surface area contributed by atoms with Crippen LogP contribution in [0.1, 0.15) is 31.5 Å². The highest BCUT2D eigenvalue weighted by Crippen LogP contribution is 2.33. The van der Waals surface area contributed by atoms with Crippen molar-refractivity contribution in [1.82, 2.24) is 19.4 Å². The molecule has 2 fully saturated rings. The summed E-state index contributed by atoms with van der Waals surface area (Å²) in [6.45, 7) is 2.88. The normalized spacial score (nSPS) is 19.9. The molecule has 0 aromatic carbocycles. The highest BCUT2D eigenvalue weighted by molar-refractivity contribution is 7.90. The Morgan fingerprint density at radius 3 is 2.64 bits per heavy atom. The smallest absolute Gasteiger partial charge is 0.261 e. The molecule has 1 N–H and O–H groups in total. The van der Waals surface area contributed by atoms with E-state index in [1.807, 2.05) is 12.1 Å². The SMILES string of the molecule is Cc1noc(-c2cccnc2NC2CCN(S(=O)(=O)C3CC3)CC2)n1. The maximum atomic E-state index is 12.3. The molecule has 4 rings (SSSR count). The molecule has 1 saturated heterocycles. The fourth-order valence-electron chi connectivity index (χ4n) is 3.12. The van der Waals surface area contributed by atoms with Crippen LogP contribution in [-0.2, 0) is 10.0 Å². The van der Waals surface area contributed by atoms with Gasteiger partial charge in [-0.3, -0.25) is 0 Å². The van der Waals surface area contributed by atoms with Crippen molar-refractivity contribution in [3.63, 3.8) is 0 Å². The molecule has 2 aromatic rings. The number of pyridine rings is 1. The van der Waals surface area contributed by atoms with Crippen LogP contribution in [0, 0.1) is 6.92 Å². The van der Waals surface area contributed by atoms with Crippen molar-refractivity contribution in [3.05, 3.63) is 24.2 Å². The lowest BCUT2D eigenvalue weighted by atomic mass is 10.1. The topological polar surface area (TPSA) is 101 Å². The zero-order chi connectivity index (χ0) is 17.4. The van der Waals surface area contributed by atoms with E-state index in [0.717, 1.165) is 31.2 Å². The van der Waals surface area contributed by atoms with Crippen LogP contribution in [0.25, 0.3) is 11.5 Å². The van der Waals surface area contributed by atoms with Gasteiger partial charge in [0, 0.05) is 25.3 Å². The van der Waals surface area contributed by atoms with Crippen LogP contribution in [0.4, 0.5) is 5.82 Å². The number of rotatable bonds is 5. The molecule has 0 spiro atoms. The molecular formula is C16H21N5O3S. The van der Waals surface area contributed by atoms with Crippen LogP contribution in [0.2, 0.25) is 0 Å². The number of nitrogens with zero attached hydrogens (tertiary/aromatic N) is 4. The predicted molar refractivity (Wildman–Crippen MR) is 92.4 cm³/mol. The Hall–Kier alpha value is -2.00. The van der Waals surface area contributed by atoms with E-state index < -0.39 is 10.0 Å². The van der Waals surface area contributed by atoms with Gasteiger partial charge < -0.3 is 9.84 Å². The second-order valence-corrected chi connectivity index (χ2v) is 8.82. The molecule has 1 aliphatic heterocycles. The number of nitrogens with one attached hydrogen (secondary N) is 1. The van der Waals surface area contributed by atoms with E-state index in [2.05, 4.69) is 20.4 Å². The molecule has 1 saturated carbocycles. The minimum Gasteiger partial charge on any atom is -0.367 e. The lowest BCUT2D eigenvalue weighted by Gasteiger charge is -2.32. The first kappa shape index (κ1) is 16.5. The van der Waals surface area contributed by atoms with Gasteiger partial charge >= 0.3 is 0 Å². The number of hydrogen-bond donors (Lipinski definition) is 1. The van der Waals surface area contributed by atoms with Gasteiger partial charge in [0.2, 0.25) is 10.0 Å².